The van der Waals surface area contributed by atoms with Crippen LogP contribution < -0.4 is 21.3 Å². The molecule has 5 N–H and O–H groups in total. The molecule has 0 aromatic heterocycles. The highest BCUT2D eigenvalue weighted by Crippen LogP contribution is 2.19. The number of anilines is 2. The summed E-state index contributed by atoms with van der Waals surface area (Å²) in [6.07, 6.45) is 6.51. The smallest absolute Gasteiger partial charge is 0.338 e. The average Bonchev–Trinajstić information content (AvgIpc) is 2.80. The largest absolute Gasteiger partial charge is 0.478 e. The Hall–Kier alpha value is -4.08. The van der Waals surface area contributed by atoms with E-state index < -0.39 is 5.97 Å². The van der Waals surface area contributed by atoms with Crippen LogP contribution in [0.3, 0.4) is 0 Å². The molecule has 2 aliphatic rings. The fourth-order valence-electron chi connectivity index (χ4n) is 3.41. The molecule has 10 heteroatoms. The van der Waals surface area contributed by atoms with Crippen molar-refractivity contribution in [3.63, 3.8) is 0 Å². The number of carbonyl (C=O) groups excluding carboxylic acids is 3. The molecule has 2 aliphatic carbocycles. The van der Waals surface area contributed by atoms with Gasteiger partial charge in [0.1, 0.15) is 0 Å². The Bertz CT molecular complexity index is 1050. The fourth-order valence-corrected chi connectivity index (χ4v) is 3.41. The Labute approximate surface area is 209 Å². The first-order chi connectivity index (χ1) is 17.3. The van der Waals surface area contributed by atoms with Gasteiger partial charge >= 0.3 is 24.0 Å². The van der Waals surface area contributed by atoms with Crippen LogP contribution in [0.1, 0.15) is 66.2 Å². The molecule has 0 unspecified atom stereocenters. The van der Waals surface area contributed by atoms with E-state index in [0.717, 1.165) is 32.1 Å². The number of hydrogen-bond acceptors (Lipinski definition) is 5. The van der Waals surface area contributed by atoms with Crippen LogP contribution in [0, 0.1) is 0 Å². The number of urea groups is 2. The fraction of sp³-hybridized carbons (Fsp3) is 0.385. The first kappa shape index (κ1) is 26.5. The molecular weight excluding hydrogens is 464 g/mol. The molecular formula is C26H32N4O6. The van der Waals surface area contributed by atoms with Crippen LogP contribution >= 0.6 is 0 Å². The molecule has 0 radical (unpaired) electrons. The van der Waals surface area contributed by atoms with E-state index in [4.69, 9.17) is 9.84 Å². The van der Waals surface area contributed by atoms with Crippen molar-refractivity contribution >= 4 is 35.4 Å². The predicted molar refractivity (Wildman–Crippen MR) is 135 cm³/mol. The predicted octanol–water partition coefficient (Wildman–Crippen LogP) is 4.60. The summed E-state index contributed by atoms with van der Waals surface area (Å²) >= 11 is 0. The number of carboxylic acids is 1. The number of benzene rings is 2. The molecule has 4 amide bonds. The average molecular weight is 497 g/mol. The number of rotatable bonds is 7. The number of carbonyl (C=O) groups is 4. The SMILES string of the molecule is CCOC(=O)c1ccc(NC(=O)NC2CCC2)cc1.O=C(Nc1ccc(C(=O)O)cc1)NC1CCC1. The number of esters is 1. The lowest BCUT2D eigenvalue weighted by Crippen LogP contribution is -2.41. The normalized spacial score (nSPS) is 14.6. The molecule has 4 rings (SSSR count). The monoisotopic (exact) mass is 496 g/mol. The minimum Gasteiger partial charge on any atom is -0.478 e. The summed E-state index contributed by atoms with van der Waals surface area (Å²) in [5.74, 6) is -1.33. The third-order valence-electron chi connectivity index (χ3n) is 5.92. The van der Waals surface area contributed by atoms with E-state index >= 15 is 0 Å². The molecule has 0 spiro atoms. The zero-order chi connectivity index (χ0) is 25.9. The zero-order valence-corrected chi connectivity index (χ0v) is 20.2. The number of aromatic carboxylic acids is 1. The zero-order valence-electron chi connectivity index (χ0n) is 20.2. The van der Waals surface area contributed by atoms with Gasteiger partial charge in [0.15, 0.2) is 0 Å². The van der Waals surface area contributed by atoms with Crippen LogP contribution in [-0.4, -0.2) is 47.8 Å². The lowest BCUT2D eigenvalue weighted by atomic mass is 9.93. The summed E-state index contributed by atoms with van der Waals surface area (Å²) in [5.41, 5.74) is 1.93. The van der Waals surface area contributed by atoms with E-state index in [1.54, 1.807) is 43.3 Å². The van der Waals surface area contributed by atoms with Crippen molar-refractivity contribution in [2.24, 2.45) is 0 Å². The van der Waals surface area contributed by atoms with Gasteiger partial charge in [-0.2, -0.15) is 0 Å². The molecule has 0 saturated heterocycles. The number of hydrogen-bond donors (Lipinski definition) is 5. The molecule has 10 nitrogen and oxygen atoms in total. The van der Waals surface area contributed by atoms with Gasteiger partial charge in [0.05, 0.1) is 17.7 Å². The van der Waals surface area contributed by atoms with Crippen LogP contribution in [0.25, 0.3) is 0 Å². The van der Waals surface area contributed by atoms with Gasteiger partial charge in [-0.3, -0.25) is 0 Å². The Morgan fingerprint density at radius 1 is 0.750 bits per heavy atom. The Morgan fingerprint density at radius 3 is 1.50 bits per heavy atom. The van der Waals surface area contributed by atoms with E-state index in [-0.39, 0.29) is 29.6 Å². The molecule has 0 aliphatic heterocycles. The summed E-state index contributed by atoms with van der Waals surface area (Å²) in [5, 5.41) is 19.8. The van der Waals surface area contributed by atoms with Crippen LogP contribution in [-0.2, 0) is 4.74 Å². The minimum atomic E-state index is -0.976. The van der Waals surface area contributed by atoms with Crippen LogP contribution in [0.15, 0.2) is 48.5 Å². The van der Waals surface area contributed by atoms with Crippen molar-refractivity contribution in [1.29, 1.82) is 0 Å². The number of carboxylic acid groups (broad SMARTS) is 1. The molecule has 0 atom stereocenters. The van der Waals surface area contributed by atoms with Gasteiger partial charge in [0.2, 0.25) is 0 Å². The molecule has 2 fully saturated rings. The minimum absolute atomic E-state index is 0.200. The lowest BCUT2D eigenvalue weighted by molar-refractivity contribution is 0.0525. The maximum absolute atomic E-state index is 11.6. The second-order valence-corrected chi connectivity index (χ2v) is 8.63. The number of ether oxygens (including phenoxy) is 1. The van der Waals surface area contributed by atoms with Gasteiger partial charge in [-0.05, 0) is 94.0 Å². The summed E-state index contributed by atoms with van der Waals surface area (Å²) in [6, 6.07) is 12.9. The van der Waals surface area contributed by atoms with E-state index in [1.165, 1.54) is 18.6 Å². The quantitative estimate of drug-likeness (QED) is 0.354. The Balaban J connectivity index is 0.000000202. The maximum atomic E-state index is 11.6. The number of amides is 4. The first-order valence-electron chi connectivity index (χ1n) is 12.1. The summed E-state index contributed by atoms with van der Waals surface area (Å²) < 4.78 is 4.89. The van der Waals surface area contributed by atoms with Gasteiger partial charge in [0.25, 0.3) is 0 Å². The van der Waals surface area contributed by atoms with Gasteiger partial charge in [0, 0.05) is 23.5 Å². The molecule has 2 saturated carbocycles. The van der Waals surface area contributed by atoms with Crippen molar-refractivity contribution in [1.82, 2.24) is 10.6 Å². The van der Waals surface area contributed by atoms with Crippen molar-refractivity contribution < 1.29 is 29.0 Å². The Kier molecular flexibility index (Phi) is 9.67. The Morgan fingerprint density at radius 2 is 1.17 bits per heavy atom. The van der Waals surface area contributed by atoms with E-state index in [0.29, 0.717) is 29.6 Å². The van der Waals surface area contributed by atoms with Crippen molar-refractivity contribution in [3.8, 4) is 0 Å². The molecule has 0 heterocycles. The number of nitrogens with one attached hydrogen (secondary N) is 4. The van der Waals surface area contributed by atoms with Crippen molar-refractivity contribution in [2.75, 3.05) is 17.2 Å². The van der Waals surface area contributed by atoms with Crippen molar-refractivity contribution in [3.05, 3.63) is 59.7 Å². The molecule has 192 valence electrons. The standard InChI is InChI=1S/C14H18N2O3.C12H14N2O3/c1-2-19-13(17)10-6-8-12(9-7-10)16-14(18)15-11-4-3-5-11;15-11(16)8-4-6-10(7-5-8)14-12(17)13-9-2-1-3-9/h6-9,11H,2-5H2,1H3,(H2,15,16,18);4-7,9H,1-3H2,(H,15,16)(H2,13,14,17). The van der Waals surface area contributed by atoms with Crippen LogP contribution in [0.5, 0.6) is 0 Å². The lowest BCUT2D eigenvalue weighted by Gasteiger charge is -2.26. The third-order valence-corrected chi connectivity index (χ3v) is 5.92. The highest BCUT2D eigenvalue weighted by atomic mass is 16.5. The van der Waals surface area contributed by atoms with E-state index in [2.05, 4.69) is 21.3 Å². The second-order valence-electron chi connectivity index (χ2n) is 8.63. The van der Waals surface area contributed by atoms with Gasteiger partial charge in [-0.1, -0.05) is 0 Å². The van der Waals surface area contributed by atoms with E-state index in [1.807, 2.05) is 0 Å². The van der Waals surface area contributed by atoms with Gasteiger partial charge in [-0.15, -0.1) is 0 Å². The summed E-state index contributed by atoms with van der Waals surface area (Å²) in [4.78, 5) is 45.2. The molecule has 2 aromatic rings. The molecule has 0 bridgehead atoms. The van der Waals surface area contributed by atoms with Crippen molar-refractivity contribution in [2.45, 2.75) is 57.5 Å². The van der Waals surface area contributed by atoms with Gasteiger partial charge < -0.3 is 31.1 Å². The third kappa shape index (κ3) is 8.30. The topological polar surface area (TPSA) is 146 Å². The highest BCUT2D eigenvalue weighted by molar-refractivity contribution is 5.93. The second kappa shape index (κ2) is 13.1. The van der Waals surface area contributed by atoms with Gasteiger partial charge in [-0.25, -0.2) is 19.2 Å². The first-order valence-corrected chi connectivity index (χ1v) is 12.1. The molecule has 2 aromatic carbocycles. The summed E-state index contributed by atoms with van der Waals surface area (Å²) in [6.45, 7) is 2.11. The van der Waals surface area contributed by atoms with E-state index in [9.17, 15) is 19.2 Å². The maximum Gasteiger partial charge on any atom is 0.338 e. The summed E-state index contributed by atoms with van der Waals surface area (Å²) in [7, 11) is 0. The van der Waals surface area contributed by atoms with Crippen LogP contribution in [0.4, 0.5) is 21.0 Å². The molecule has 36 heavy (non-hydrogen) atoms. The van der Waals surface area contributed by atoms with Crippen LogP contribution in [0.2, 0.25) is 0 Å². The highest BCUT2D eigenvalue weighted by Gasteiger charge is 2.20.